The summed E-state index contributed by atoms with van der Waals surface area (Å²) in [5.41, 5.74) is 10.8. The molecular weight excluding hydrogens is 294 g/mol. The van der Waals surface area contributed by atoms with E-state index in [4.69, 9.17) is 16.2 Å². The fourth-order valence-electron chi connectivity index (χ4n) is 2.18. The van der Waals surface area contributed by atoms with Crippen molar-refractivity contribution in [3.63, 3.8) is 0 Å². The zero-order chi connectivity index (χ0) is 15.7. The van der Waals surface area contributed by atoms with Gasteiger partial charge in [-0.2, -0.15) is 0 Å². The second-order valence-electron chi connectivity index (χ2n) is 5.27. The number of sulfonamides is 1. The van der Waals surface area contributed by atoms with Crippen molar-refractivity contribution in [3.05, 3.63) is 23.8 Å². The van der Waals surface area contributed by atoms with Crippen LogP contribution in [0.3, 0.4) is 0 Å². The number of nitrogens with two attached hydrogens (primary N) is 2. The molecular formula is C13H19N3O4S. The van der Waals surface area contributed by atoms with Crippen LogP contribution in [0.4, 0.5) is 0 Å². The Morgan fingerprint density at radius 1 is 1.43 bits per heavy atom. The highest BCUT2D eigenvalue weighted by molar-refractivity contribution is 7.89. The Labute approximate surface area is 123 Å². The van der Waals surface area contributed by atoms with Crippen LogP contribution >= 0.6 is 0 Å². The zero-order valence-electron chi connectivity index (χ0n) is 11.8. The van der Waals surface area contributed by atoms with Gasteiger partial charge in [0.05, 0.1) is 17.6 Å². The lowest BCUT2D eigenvalue weighted by atomic mass is 9.78. The van der Waals surface area contributed by atoms with Crippen LogP contribution < -0.4 is 20.9 Å². The van der Waals surface area contributed by atoms with Gasteiger partial charge in [0, 0.05) is 12.1 Å². The fraction of sp³-hybridized carbons (Fsp3) is 0.462. The monoisotopic (exact) mass is 313 g/mol. The SMILES string of the molecule is COc1ccc(S(=O)(=O)NCC2(N)CCC2)cc1C(N)=O. The van der Waals surface area contributed by atoms with Crippen LogP contribution in [0.1, 0.15) is 29.6 Å². The topological polar surface area (TPSA) is 125 Å². The standard InChI is InChI=1S/C13H19N3O4S/c1-20-11-4-3-9(7-10(11)12(14)17)21(18,19)16-8-13(15)5-2-6-13/h3-4,7,16H,2,5-6,8,15H2,1H3,(H2,14,17). The number of carbonyl (C=O) groups is 1. The van der Waals surface area contributed by atoms with Gasteiger partial charge in [-0.25, -0.2) is 13.1 Å². The predicted octanol–water partition coefficient (Wildman–Crippen LogP) is -0.0462. The first-order chi connectivity index (χ1) is 9.77. The Balaban J connectivity index is 2.23. The molecule has 0 atom stereocenters. The smallest absolute Gasteiger partial charge is 0.252 e. The Kier molecular flexibility index (Phi) is 4.22. The van der Waals surface area contributed by atoms with Gasteiger partial charge in [-0.05, 0) is 37.5 Å². The molecule has 21 heavy (non-hydrogen) atoms. The first kappa shape index (κ1) is 15.7. The van der Waals surface area contributed by atoms with Crippen molar-refractivity contribution in [2.24, 2.45) is 11.5 Å². The second-order valence-corrected chi connectivity index (χ2v) is 7.03. The van der Waals surface area contributed by atoms with Crippen molar-refractivity contribution >= 4 is 15.9 Å². The third kappa shape index (κ3) is 3.34. The van der Waals surface area contributed by atoms with Gasteiger partial charge in [0.25, 0.3) is 5.91 Å². The molecule has 1 aromatic carbocycles. The van der Waals surface area contributed by atoms with Gasteiger partial charge in [-0.1, -0.05) is 0 Å². The zero-order valence-corrected chi connectivity index (χ0v) is 12.6. The van der Waals surface area contributed by atoms with Gasteiger partial charge in [0.15, 0.2) is 0 Å². The van der Waals surface area contributed by atoms with Crippen LogP contribution in [0.2, 0.25) is 0 Å². The molecule has 0 saturated heterocycles. The molecule has 5 N–H and O–H groups in total. The number of methoxy groups -OCH3 is 1. The van der Waals surface area contributed by atoms with Crippen molar-refractivity contribution in [2.75, 3.05) is 13.7 Å². The minimum atomic E-state index is -3.74. The molecule has 1 aromatic rings. The average molecular weight is 313 g/mol. The van der Waals surface area contributed by atoms with E-state index in [9.17, 15) is 13.2 Å². The molecule has 7 nitrogen and oxygen atoms in total. The Morgan fingerprint density at radius 3 is 2.57 bits per heavy atom. The summed E-state index contributed by atoms with van der Waals surface area (Å²) < 4.78 is 31.9. The third-order valence-electron chi connectivity index (χ3n) is 3.71. The number of hydrogen-bond acceptors (Lipinski definition) is 5. The number of benzene rings is 1. The number of primary amides is 1. The van der Waals surface area contributed by atoms with Crippen molar-refractivity contribution in [1.29, 1.82) is 0 Å². The van der Waals surface area contributed by atoms with Gasteiger partial charge in [-0.3, -0.25) is 4.79 Å². The molecule has 0 radical (unpaired) electrons. The number of amides is 1. The molecule has 0 unspecified atom stereocenters. The maximum Gasteiger partial charge on any atom is 0.252 e. The molecule has 1 saturated carbocycles. The summed E-state index contributed by atoms with van der Waals surface area (Å²) in [7, 11) is -2.37. The molecule has 116 valence electrons. The first-order valence-corrected chi connectivity index (χ1v) is 8.02. The lowest BCUT2D eigenvalue weighted by molar-refractivity contribution is 0.0997. The Hall–Kier alpha value is -1.64. The number of hydrogen-bond donors (Lipinski definition) is 3. The van der Waals surface area contributed by atoms with Gasteiger partial charge in [0.1, 0.15) is 5.75 Å². The Morgan fingerprint density at radius 2 is 2.10 bits per heavy atom. The molecule has 0 aliphatic heterocycles. The van der Waals surface area contributed by atoms with Crippen LogP contribution in [0, 0.1) is 0 Å². The van der Waals surface area contributed by atoms with Gasteiger partial charge >= 0.3 is 0 Å². The molecule has 2 rings (SSSR count). The summed E-state index contributed by atoms with van der Waals surface area (Å²) in [4.78, 5) is 11.3. The molecule has 1 aliphatic carbocycles. The van der Waals surface area contributed by atoms with Crippen molar-refractivity contribution < 1.29 is 17.9 Å². The van der Waals surface area contributed by atoms with Crippen LogP contribution in [0.5, 0.6) is 5.75 Å². The van der Waals surface area contributed by atoms with Crippen LogP contribution in [0.25, 0.3) is 0 Å². The summed E-state index contributed by atoms with van der Waals surface area (Å²) in [6, 6.07) is 3.96. The van der Waals surface area contributed by atoms with E-state index < -0.39 is 21.5 Å². The normalized spacial score (nSPS) is 17.0. The van der Waals surface area contributed by atoms with Crippen molar-refractivity contribution in [1.82, 2.24) is 4.72 Å². The molecule has 1 fully saturated rings. The van der Waals surface area contributed by atoms with Crippen LogP contribution in [0.15, 0.2) is 23.1 Å². The molecule has 8 heteroatoms. The summed E-state index contributed by atoms with van der Waals surface area (Å²) >= 11 is 0. The van der Waals surface area contributed by atoms with E-state index in [0.717, 1.165) is 19.3 Å². The largest absolute Gasteiger partial charge is 0.496 e. The lowest BCUT2D eigenvalue weighted by Crippen LogP contribution is -2.54. The van der Waals surface area contributed by atoms with Gasteiger partial charge in [0.2, 0.25) is 10.0 Å². The maximum atomic E-state index is 12.2. The summed E-state index contributed by atoms with van der Waals surface area (Å²) in [5, 5.41) is 0. The first-order valence-electron chi connectivity index (χ1n) is 6.54. The highest BCUT2D eigenvalue weighted by atomic mass is 32.2. The van der Waals surface area contributed by atoms with E-state index in [1.54, 1.807) is 0 Å². The lowest BCUT2D eigenvalue weighted by Gasteiger charge is -2.38. The van der Waals surface area contributed by atoms with Gasteiger partial charge < -0.3 is 16.2 Å². The number of rotatable bonds is 6. The fourth-order valence-corrected chi connectivity index (χ4v) is 3.34. The highest BCUT2D eigenvalue weighted by Crippen LogP contribution is 2.29. The van der Waals surface area contributed by atoms with Crippen LogP contribution in [-0.4, -0.2) is 33.5 Å². The second kappa shape index (κ2) is 5.63. The van der Waals surface area contributed by atoms with E-state index >= 15 is 0 Å². The van der Waals surface area contributed by atoms with Crippen molar-refractivity contribution in [2.45, 2.75) is 29.7 Å². The third-order valence-corrected chi connectivity index (χ3v) is 5.11. The minimum Gasteiger partial charge on any atom is -0.496 e. The highest BCUT2D eigenvalue weighted by Gasteiger charge is 2.33. The number of carbonyl (C=O) groups excluding carboxylic acids is 1. The minimum absolute atomic E-state index is 0.0199. The van der Waals surface area contributed by atoms with E-state index in [1.807, 2.05) is 0 Å². The Bertz CT molecular complexity index is 653. The summed E-state index contributed by atoms with van der Waals surface area (Å²) in [6.07, 6.45) is 2.60. The van der Waals surface area contributed by atoms with E-state index in [1.165, 1.54) is 25.3 Å². The number of nitrogens with one attached hydrogen (secondary N) is 1. The number of ether oxygens (including phenoxy) is 1. The quantitative estimate of drug-likeness (QED) is 0.679. The summed E-state index contributed by atoms with van der Waals surface area (Å²) in [6.45, 7) is 0.174. The summed E-state index contributed by atoms with van der Waals surface area (Å²) in [5.74, 6) is -0.520. The van der Waals surface area contributed by atoms with Crippen molar-refractivity contribution in [3.8, 4) is 5.75 Å². The van der Waals surface area contributed by atoms with E-state index in [2.05, 4.69) is 4.72 Å². The molecule has 1 amide bonds. The van der Waals surface area contributed by atoms with Gasteiger partial charge in [-0.15, -0.1) is 0 Å². The molecule has 1 aliphatic rings. The van der Waals surface area contributed by atoms with Crippen LogP contribution in [-0.2, 0) is 10.0 Å². The predicted molar refractivity (Wildman–Crippen MR) is 77.5 cm³/mol. The van der Waals surface area contributed by atoms with E-state index in [0.29, 0.717) is 0 Å². The molecule has 0 spiro atoms. The van der Waals surface area contributed by atoms with E-state index in [-0.39, 0.29) is 22.8 Å². The molecule has 0 aromatic heterocycles. The maximum absolute atomic E-state index is 12.2. The molecule has 0 heterocycles. The average Bonchev–Trinajstić information content (AvgIpc) is 2.42. The molecule has 0 bridgehead atoms.